The van der Waals surface area contributed by atoms with Crippen molar-refractivity contribution in [1.82, 2.24) is 10.6 Å². The molecule has 0 saturated carbocycles. The molecular weight excluding hydrogens is 469 g/mol. The van der Waals surface area contributed by atoms with Crippen LogP contribution < -0.4 is 10.6 Å². The van der Waals surface area contributed by atoms with Crippen LogP contribution in [0.25, 0.3) is 0 Å². The number of alkyl halides is 3. The summed E-state index contributed by atoms with van der Waals surface area (Å²) in [4.78, 5) is 22.9. The zero-order chi connectivity index (χ0) is 23.2. The number of hydrogen-bond donors (Lipinski definition) is 2. The maximum absolute atomic E-state index is 11.4. The molecule has 8 nitrogen and oxygen atoms in total. The second-order valence-corrected chi connectivity index (χ2v) is 6.54. The molecular formula is C17H16CrF3N2O6S-. The fraction of sp³-hybridized carbons (Fsp3) is 0.176. The number of carbonyl (C=O) groups is 2. The minimum atomic E-state index is -6.09. The van der Waals surface area contributed by atoms with Gasteiger partial charge in [-0.2, -0.15) is 13.2 Å². The summed E-state index contributed by atoms with van der Waals surface area (Å²) in [6, 6.07) is 0. The topological polar surface area (TPSA) is 132 Å². The molecule has 0 aromatic rings. The van der Waals surface area contributed by atoms with Crippen LogP contribution >= 0.6 is 0 Å². The van der Waals surface area contributed by atoms with Crippen molar-refractivity contribution in [2.24, 2.45) is 0 Å². The van der Waals surface area contributed by atoms with Gasteiger partial charge in [0.25, 0.3) is 0 Å². The molecule has 2 aliphatic rings. The third kappa shape index (κ3) is 10.8. The molecule has 0 atom stereocenters. The fourth-order valence-electron chi connectivity index (χ4n) is 1.71. The number of ketones is 2. The number of hydrogen-bond acceptors (Lipinski definition) is 8. The molecule has 2 N–H and O–H groups in total. The van der Waals surface area contributed by atoms with E-state index in [1.165, 1.54) is 28.4 Å². The summed E-state index contributed by atoms with van der Waals surface area (Å²) >= 11 is 1.38. The van der Waals surface area contributed by atoms with Gasteiger partial charge in [0.1, 0.15) is 0 Å². The van der Waals surface area contributed by atoms with Crippen molar-refractivity contribution >= 4 is 21.7 Å². The summed E-state index contributed by atoms with van der Waals surface area (Å²) in [5.74, 6) is -0.000363. The van der Waals surface area contributed by atoms with Crippen LogP contribution in [0.5, 0.6) is 0 Å². The Morgan fingerprint density at radius 3 is 1.40 bits per heavy atom. The van der Waals surface area contributed by atoms with Gasteiger partial charge >= 0.3 is 25.5 Å². The predicted octanol–water partition coefficient (Wildman–Crippen LogP) is 1.25. The molecule has 164 valence electrons. The second kappa shape index (κ2) is 13.6. The van der Waals surface area contributed by atoms with Gasteiger partial charge in [0.15, 0.2) is 21.7 Å². The first-order valence-electron chi connectivity index (χ1n) is 7.86. The fourth-order valence-corrected chi connectivity index (χ4v) is 1.71. The van der Waals surface area contributed by atoms with Crippen molar-refractivity contribution in [3.63, 3.8) is 0 Å². The van der Waals surface area contributed by atoms with Crippen LogP contribution in [0, 0.1) is 0 Å². The second-order valence-electron chi connectivity index (χ2n) is 5.17. The summed E-state index contributed by atoms with van der Waals surface area (Å²) < 4.78 is 67.0. The molecule has 0 radical (unpaired) electrons. The van der Waals surface area contributed by atoms with Crippen LogP contribution in [0.3, 0.4) is 0 Å². The van der Waals surface area contributed by atoms with E-state index in [4.69, 9.17) is 16.8 Å². The number of allylic oxidation sites excluding steroid dienone is 10. The van der Waals surface area contributed by atoms with Crippen molar-refractivity contribution in [3.05, 3.63) is 72.2 Å². The standard InChI is InChI=1S/C16H16N2O2.CHF3O3S.Cr.O/c19-15-7-3-1-5-13(15)11-17-9-10-18-12-14-6-2-4-8-16(14)20;2-1(3,4)8(5,6)7;;/h1-8,11-12,17-18H,9-10H2;(H,5,6,7);;/p-1/b13-11-,14-12-;;;. The van der Waals surface area contributed by atoms with Crippen LogP contribution in [0.1, 0.15) is 0 Å². The van der Waals surface area contributed by atoms with E-state index in [9.17, 15) is 22.8 Å². The number of carbonyl (C=O) groups excluding carboxylic acids is 2. The Morgan fingerprint density at radius 2 is 1.13 bits per heavy atom. The Morgan fingerprint density at radius 1 is 0.833 bits per heavy atom. The van der Waals surface area contributed by atoms with Crippen molar-refractivity contribution in [1.29, 1.82) is 0 Å². The Balaban J connectivity index is 0.000000712. The van der Waals surface area contributed by atoms with E-state index < -0.39 is 15.6 Å². The number of nitrogens with one attached hydrogen (secondary N) is 2. The molecule has 0 aliphatic heterocycles. The van der Waals surface area contributed by atoms with Gasteiger partial charge in [0.05, 0.1) is 0 Å². The third-order valence-electron chi connectivity index (χ3n) is 3.05. The zero-order valence-electron chi connectivity index (χ0n) is 15.1. The van der Waals surface area contributed by atoms with Gasteiger partial charge < -0.3 is 15.2 Å². The first-order chi connectivity index (χ1) is 14.0. The van der Waals surface area contributed by atoms with Gasteiger partial charge in [-0.25, -0.2) is 8.42 Å². The van der Waals surface area contributed by atoms with Gasteiger partial charge in [0.2, 0.25) is 0 Å². The average molecular weight is 485 g/mol. The molecule has 0 amide bonds. The Bertz CT molecular complexity index is 851. The molecule has 0 spiro atoms. The molecule has 13 heteroatoms. The van der Waals surface area contributed by atoms with E-state index in [-0.39, 0.29) is 11.6 Å². The Hall–Kier alpha value is -2.59. The van der Waals surface area contributed by atoms with E-state index in [0.717, 1.165) is 0 Å². The number of halogens is 3. The summed E-state index contributed by atoms with van der Waals surface area (Å²) in [5, 5.41) is 6.12. The zero-order valence-corrected chi connectivity index (χ0v) is 17.2. The summed E-state index contributed by atoms with van der Waals surface area (Å²) in [6.07, 6.45) is 17.1. The Kier molecular flexibility index (Phi) is 12.4. The van der Waals surface area contributed by atoms with E-state index in [1.807, 2.05) is 12.2 Å². The molecule has 0 saturated heterocycles. The van der Waals surface area contributed by atoms with Gasteiger partial charge in [-0.3, -0.25) is 9.59 Å². The number of rotatable bonds is 5. The van der Waals surface area contributed by atoms with E-state index in [2.05, 4.69) is 10.6 Å². The van der Waals surface area contributed by atoms with Crippen LogP contribution in [-0.2, 0) is 39.7 Å². The van der Waals surface area contributed by atoms with E-state index in [0.29, 0.717) is 24.2 Å². The van der Waals surface area contributed by atoms with Crippen LogP contribution in [0.4, 0.5) is 13.2 Å². The summed E-state index contributed by atoms with van der Waals surface area (Å²) in [5.41, 5.74) is -4.37. The van der Waals surface area contributed by atoms with Crippen LogP contribution in [-0.4, -0.2) is 43.1 Å². The maximum atomic E-state index is 11.4. The molecule has 2 rings (SSSR count). The van der Waals surface area contributed by atoms with Crippen LogP contribution in [0.15, 0.2) is 72.2 Å². The first-order valence-corrected chi connectivity index (χ1v) is 9.79. The molecule has 0 aromatic heterocycles. The van der Waals surface area contributed by atoms with Crippen molar-refractivity contribution < 1.29 is 55.8 Å². The quantitative estimate of drug-likeness (QED) is 0.257. The normalized spacial score (nSPS) is 17.9. The van der Waals surface area contributed by atoms with Gasteiger partial charge in [-0.05, 0) is 24.3 Å². The van der Waals surface area contributed by atoms with Crippen LogP contribution in [0.2, 0.25) is 0 Å². The third-order valence-corrected chi connectivity index (χ3v) is 3.62. The molecule has 0 bridgehead atoms. The molecule has 30 heavy (non-hydrogen) atoms. The van der Waals surface area contributed by atoms with Gasteiger partial charge in [-0.1, -0.05) is 24.3 Å². The van der Waals surface area contributed by atoms with Gasteiger partial charge in [-0.15, -0.1) is 0 Å². The van der Waals surface area contributed by atoms with Crippen molar-refractivity contribution in [2.75, 3.05) is 13.1 Å². The summed E-state index contributed by atoms with van der Waals surface area (Å²) in [7, 11) is -6.09. The molecule has 0 aromatic carbocycles. The Labute approximate surface area is 179 Å². The minimum absolute atomic E-state index is 0.000182. The van der Waals surface area contributed by atoms with Gasteiger partial charge in [0, 0.05) is 36.6 Å². The molecule has 0 heterocycles. The van der Waals surface area contributed by atoms with E-state index in [1.54, 1.807) is 36.7 Å². The first kappa shape index (κ1) is 27.4. The predicted molar refractivity (Wildman–Crippen MR) is 95.2 cm³/mol. The molecule has 0 unspecified atom stereocenters. The average Bonchev–Trinajstić information content (AvgIpc) is 2.68. The molecule has 0 fully saturated rings. The molecule has 2 aliphatic carbocycles. The van der Waals surface area contributed by atoms with Crippen molar-refractivity contribution in [3.8, 4) is 0 Å². The monoisotopic (exact) mass is 485 g/mol. The SMILES string of the molecule is O=C1C=CC=C/C1=C/NCCN/C=C1/C=CC=CC1=O.O=S(=O)([O-])C(F)(F)F.[O]=[Cr]. The van der Waals surface area contributed by atoms with E-state index >= 15 is 0 Å². The van der Waals surface area contributed by atoms with Crippen molar-refractivity contribution in [2.45, 2.75) is 5.51 Å². The summed E-state index contributed by atoms with van der Waals surface area (Å²) in [6.45, 7) is 1.32.